The van der Waals surface area contributed by atoms with Crippen molar-refractivity contribution in [2.45, 2.75) is 59.7 Å². The van der Waals surface area contributed by atoms with Gasteiger partial charge >= 0.3 is 0 Å². The molecule has 0 atom stereocenters. The highest BCUT2D eigenvalue weighted by Crippen LogP contribution is 2.29. The molecule has 0 aliphatic heterocycles. The Balaban J connectivity index is 1.92. The molecule has 0 aromatic heterocycles. The molecule has 0 saturated heterocycles. The normalized spacial score (nSPS) is 12.2. The molecular weight excluding hydrogens is 330 g/mol. The van der Waals surface area contributed by atoms with Crippen LogP contribution in [-0.2, 0) is 13.2 Å². The van der Waals surface area contributed by atoms with Crippen molar-refractivity contribution in [2.75, 3.05) is 0 Å². The van der Waals surface area contributed by atoms with E-state index in [9.17, 15) is 0 Å². The summed E-state index contributed by atoms with van der Waals surface area (Å²) in [4.78, 5) is 0. The molecule has 0 saturated carbocycles. The van der Waals surface area contributed by atoms with Gasteiger partial charge < -0.3 is 10.1 Å². The molecule has 0 radical (unpaired) electrons. The first kappa shape index (κ1) is 19.8. The van der Waals surface area contributed by atoms with Crippen molar-refractivity contribution < 1.29 is 4.74 Å². The molecule has 0 aliphatic carbocycles. The molecule has 25 heavy (non-hydrogen) atoms. The zero-order valence-corrected chi connectivity index (χ0v) is 16.8. The second kappa shape index (κ2) is 8.25. The maximum atomic E-state index is 6.40. The second-order valence-corrected chi connectivity index (χ2v) is 8.92. The van der Waals surface area contributed by atoms with Crippen molar-refractivity contribution >= 4 is 11.6 Å². The lowest BCUT2D eigenvalue weighted by atomic mass is 9.82. The van der Waals surface area contributed by atoms with Crippen LogP contribution in [0.25, 0.3) is 0 Å². The van der Waals surface area contributed by atoms with Gasteiger partial charge in [0.25, 0.3) is 0 Å². The van der Waals surface area contributed by atoms with E-state index in [2.05, 4.69) is 46.0 Å². The van der Waals surface area contributed by atoms with Crippen LogP contribution in [0.5, 0.6) is 5.75 Å². The molecule has 136 valence electrons. The molecule has 0 heterocycles. The number of hydrogen-bond donors (Lipinski definition) is 1. The van der Waals surface area contributed by atoms with E-state index in [0.717, 1.165) is 24.3 Å². The minimum atomic E-state index is 0.0766. The molecule has 0 fully saturated rings. The van der Waals surface area contributed by atoms with Crippen molar-refractivity contribution in [3.05, 3.63) is 64.7 Å². The van der Waals surface area contributed by atoms with Crippen LogP contribution in [0.2, 0.25) is 5.02 Å². The van der Waals surface area contributed by atoms with Gasteiger partial charge in [0.1, 0.15) is 12.4 Å². The summed E-state index contributed by atoms with van der Waals surface area (Å²) in [5, 5.41) is 4.29. The van der Waals surface area contributed by atoms with Crippen molar-refractivity contribution in [1.29, 1.82) is 0 Å². The predicted molar refractivity (Wildman–Crippen MR) is 107 cm³/mol. The number of benzene rings is 2. The van der Waals surface area contributed by atoms with Crippen molar-refractivity contribution in [2.24, 2.45) is 5.41 Å². The van der Waals surface area contributed by atoms with Crippen molar-refractivity contribution in [1.82, 2.24) is 5.32 Å². The fraction of sp³-hybridized carbons (Fsp3) is 0.455. The summed E-state index contributed by atoms with van der Waals surface area (Å²) in [7, 11) is 0. The van der Waals surface area contributed by atoms with Crippen LogP contribution in [0.1, 0.15) is 52.2 Å². The van der Waals surface area contributed by atoms with Gasteiger partial charge in [-0.05, 0) is 48.9 Å². The quantitative estimate of drug-likeness (QED) is 0.633. The van der Waals surface area contributed by atoms with Gasteiger partial charge in [0.05, 0.1) is 5.02 Å². The Hall–Kier alpha value is -1.51. The van der Waals surface area contributed by atoms with Crippen LogP contribution in [-0.4, -0.2) is 5.54 Å². The Morgan fingerprint density at radius 2 is 1.60 bits per heavy atom. The fourth-order valence-corrected chi connectivity index (χ4v) is 3.49. The lowest BCUT2D eigenvalue weighted by Crippen LogP contribution is -2.41. The molecule has 0 bridgehead atoms. The summed E-state index contributed by atoms with van der Waals surface area (Å²) in [6.07, 6.45) is 1.10. The first-order chi connectivity index (χ1) is 11.6. The molecular formula is C22H30ClNO. The SMILES string of the molecule is CC(C)(C)CC(C)(C)NCc1ccc(OCc2ccccc2)c(Cl)c1. The van der Waals surface area contributed by atoms with Gasteiger partial charge in [-0.25, -0.2) is 0 Å². The van der Waals surface area contributed by atoms with Crippen LogP contribution < -0.4 is 10.1 Å². The van der Waals surface area contributed by atoms with Crippen LogP contribution in [0.3, 0.4) is 0 Å². The number of halogens is 1. The Bertz CT molecular complexity index is 674. The summed E-state index contributed by atoms with van der Waals surface area (Å²) >= 11 is 6.40. The first-order valence-electron chi connectivity index (χ1n) is 8.85. The third-order valence-electron chi connectivity index (χ3n) is 3.98. The molecule has 0 unspecified atom stereocenters. The highest BCUT2D eigenvalue weighted by Gasteiger charge is 2.24. The fourth-order valence-electron chi connectivity index (χ4n) is 3.24. The lowest BCUT2D eigenvalue weighted by molar-refractivity contribution is 0.240. The predicted octanol–water partition coefficient (Wildman–Crippen LogP) is 6.22. The maximum absolute atomic E-state index is 6.40. The monoisotopic (exact) mass is 359 g/mol. The molecule has 0 spiro atoms. The Morgan fingerprint density at radius 1 is 0.920 bits per heavy atom. The standard InChI is InChI=1S/C22H30ClNO/c1-21(2,3)16-22(4,5)24-14-18-11-12-20(19(23)13-18)25-15-17-9-7-6-8-10-17/h6-13,24H,14-16H2,1-5H3. The molecule has 0 aliphatic rings. The van der Waals surface area contributed by atoms with E-state index in [4.69, 9.17) is 16.3 Å². The van der Waals surface area contributed by atoms with Gasteiger partial charge in [-0.15, -0.1) is 0 Å². The molecule has 1 N–H and O–H groups in total. The van der Waals surface area contributed by atoms with Gasteiger partial charge in [-0.1, -0.05) is 68.8 Å². The van der Waals surface area contributed by atoms with E-state index in [1.54, 1.807) is 0 Å². The van der Waals surface area contributed by atoms with Crippen molar-refractivity contribution in [3.8, 4) is 5.75 Å². The van der Waals surface area contributed by atoms with Gasteiger partial charge in [-0.3, -0.25) is 0 Å². The second-order valence-electron chi connectivity index (χ2n) is 8.51. The van der Waals surface area contributed by atoms with Crippen molar-refractivity contribution in [3.63, 3.8) is 0 Å². The number of nitrogens with one attached hydrogen (secondary N) is 1. The topological polar surface area (TPSA) is 21.3 Å². The van der Waals surface area contributed by atoms with E-state index in [0.29, 0.717) is 17.0 Å². The molecule has 2 nitrogen and oxygen atoms in total. The first-order valence-corrected chi connectivity index (χ1v) is 9.23. The average molecular weight is 360 g/mol. The minimum absolute atomic E-state index is 0.0766. The third kappa shape index (κ3) is 7.09. The zero-order chi connectivity index (χ0) is 18.5. The van der Waals surface area contributed by atoms with Crippen LogP contribution >= 0.6 is 11.6 Å². The third-order valence-corrected chi connectivity index (χ3v) is 4.27. The van der Waals surface area contributed by atoms with Gasteiger partial charge in [0.15, 0.2) is 0 Å². The smallest absolute Gasteiger partial charge is 0.138 e. The number of ether oxygens (including phenoxy) is 1. The van der Waals surface area contributed by atoms with Crippen LogP contribution in [0.15, 0.2) is 48.5 Å². The molecule has 3 heteroatoms. The van der Waals surface area contributed by atoms with Gasteiger partial charge in [0.2, 0.25) is 0 Å². The van der Waals surface area contributed by atoms with E-state index in [-0.39, 0.29) is 5.54 Å². The lowest BCUT2D eigenvalue weighted by Gasteiger charge is -2.33. The summed E-state index contributed by atoms with van der Waals surface area (Å²) in [5.74, 6) is 0.725. The summed E-state index contributed by atoms with van der Waals surface area (Å²) in [6, 6.07) is 16.1. The van der Waals surface area contributed by atoms with Crippen LogP contribution in [0, 0.1) is 5.41 Å². The molecule has 2 aromatic carbocycles. The molecule has 2 rings (SSSR count). The summed E-state index contributed by atoms with van der Waals surface area (Å²) in [5.41, 5.74) is 2.67. The molecule has 2 aromatic rings. The van der Waals surface area contributed by atoms with Crippen LogP contribution in [0.4, 0.5) is 0 Å². The summed E-state index contributed by atoms with van der Waals surface area (Å²) < 4.78 is 5.84. The molecule has 0 amide bonds. The largest absolute Gasteiger partial charge is 0.487 e. The zero-order valence-electron chi connectivity index (χ0n) is 16.0. The highest BCUT2D eigenvalue weighted by molar-refractivity contribution is 6.32. The Labute approximate surface area is 157 Å². The highest BCUT2D eigenvalue weighted by atomic mass is 35.5. The Morgan fingerprint density at radius 3 is 2.20 bits per heavy atom. The van der Waals surface area contributed by atoms with Gasteiger partial charge in [0, 0.05) is 12.1 Å². The van der Waals surface area contributed by atoms with E-state index >= 15 is 0 Å². The van der Waals surface area contributed by atoms with E-state index in [1.165, 1.54) is 5.56 Å². The summed E-state index contributed by atoms with van der Waals surface area (Å²) in [6.45, 7) is 12.6. The van der Waals surface area contributed by atoms with E-state index in [1.807, 2.05) is 42.5 Å². The maximum Gasteiger partial charge on any atom is 0.138 e. The Kier molecular flexibility index (Phi) is 6.53. The van der Waals surface area contributed by atoms with Gasteiger partial charge in [-0.2, -0.15) is 0 Å². The number of hydrogen-bond acceptors (Lipinski definition) is 2. The minimum Gasteiger partial charge on any atom is -0.487 e. The average Bonchev–Trinajstić information content (AvgIpc) is 2.51. The van der Waals surface area contributed by atoms with E-state index < -0.39 is 0 Å². The number of rotatable bonds is 7.